The fourth-order valence-corrected chi connectivity index (χ4v) is 4.55. The van der Waals surface area contributed by atoms with Gasteiger partial charge >= 0.3 is 0 Å². The molecule has 0 atom stereocenters. The molecule has 0 spiro atoms. The van der Waals surface area contributed by atoms with Gasteiger partial charge in [0.15, 0.2) is 0 Å². The van der Waals surface area contributed by atoms with Gasteiger partial charge in [-0.05, 0) is 24.3 Å². The summed E-state index contributed by atoms with van der Waals surface area (Å²) in [7, 11) is 0. The zero-order valence-corrected chi connectivity index (χ0v) is 8.74. The van der Waals surface area contributed by atoms with Crippen molar-refractivity contribution < 1.29 is 0 Å². The Morgan fingerprint density at radius 1 is 1.00 bits per heavy atom. The summed E-state index contributed by atoms with van der Waals surface area (Å²) in [6.07, 6.45) is 4.46. The van der Waals surface area contributed by atoms with E-state index in [1.54, 1.807) is 0 Å². The highest BCUT2D eigenvalue weighted by Crippen LogP contribution is 2.36. The van der Waals surface area contributed by atoms with Crippen molar-refractivity contribution in [1.82, 2.24) is 4.31 Å². The molecule has 0 aliphatic carbocycles. The van der Waals surface area contributed by atoms with Crippen molar-refractivity contribution in [2.24, 2.45) is 0 Å². The maximum atomic E-state index is 2.68. The van der Waals surface area contributed by atoms with Crippen LogP contribution in [0.4, 0.5) is 0 Å². The lowest BCUT2D eigenvalue weighted by Gasteiger charge is -2.36. The maximum absolute atomic E-state index is 2.68. The number of thiol groups is 1. The minimum atomic E-state index is 0.298. The van der Waals surface area contributed by atoms with Gasteiger partial charge in [0.2, 0.25) is 0 Å². The minimum absolute atomic E-state index is 0.298. The van der Waals surface area contributed by atoms with Crippen molar-refractivity contribution in [3.05, 3.63) is 0 Å². The van der Waals surface area contributed by atoms with E-state index < -0.39 is 0 Å². The van der Waals surface area contributed by atoms with Gasteiger partial charge < -0.3 is 0 Å². The first-order valence-electron chi connectivity index (χ1n) is 4.88. The smallest absolute Gasteiger partial charge is 0.00431 e. The van der Waals surface area contributed by atoms with Gasteiger partial charge in [-0.2, -0.15) is 11.1 Å². The molecule has 1 nitrogen and oxygen atoms in total. The molecule has 0 aromatic heterocycles. The first kappa shape index (κ1) is 9.40. The lowest BCUT2D eigenvalue weighted by Crippen LogP contribution is -2.24. The van der Waals surface area contributed by atoms with Crippen LogP contribution >= 0.6 is 11.1 Å². The molecule has 0 bridgehead atoms. The molecular weight excluding hydrogens is 154 g/mol. The molecule has 0 amide bonds. The van der Waals surface area contributed by atoms with E-state index >= 15 is 0 Å². The number of nitrogens with zero attached hydrogens (tertiary/aromatic N) is 1. The zero-order chi connectivity index (χ0) is 8.10. The summed E-state index contributed by atoms with van der Waals surface area (Å²) in [6.45, 7) is 7.12. The van der Waals surface area contributed by atoms with E-state index in [-0.39, 0.29) is 0 Å². The van der Waals surface area contributed by atoms with Crippen LogP contribution in [-0.2, 0) is 0 Å². The van der Waals surface area contributed by atoms with Gasteiger partial charge in [0, 0.05) is 13.1 Å². The third-order valence-electron chi connectivity index (χ3n) is 2.46. The zero-order valence-electron chi connectivity index (χ0n) is 7.84. The van der Waals surface area contributed by atoms with Crippen LogP contribution in [0.15, 0.2) is 0 Å². The van der Waals surface area contributed by atoms with Crippen molar-refractivity contribution in [2.75, 3.05) is 24.6 Å². The predicted molar refractivity (Wildman–Crippen MR) is 55.5 cm³/mol. The fourth-order valence-electron chi connectivity index (χ4n) is 1.78. The highest BCUT2D eigenvalue weighted by Gasteiger charge is 2.13. The molecule has 0 unspecified atom stereocenters. The second-order valence-electron chi connectivity index (χ2n) is 3.15. The lowest BCUT2D eigenvalue weighted by molar-refractivity contribution is 0.509. The average Bonchev–Trinajstić information content (AvgIpc) is 2.09. The highest BCUT2D eigenvalue weighted by molar-refractivity contribution is 8.14. The first-order valence-corrected chi connectivity index (χ1v) is 6.54. The van der Waals surface area contributed by atoms with Crippen LogP contribution in [0.2, 0.25) is 0 Å². The molecule has 1 aliphatic rings. The molecular formula is C9H21NS. The Morgan fingerprint density at radius 3 is 2.00 bits per heavy atom. The molecule has 11 heavy (non-hydrogen) atoms. The average molecular weight is 175 g/mol. The fraction of sp³-hybridized carbons (Fsp3) is 1.00. The Hall–Kier alpha value is 0.310. The van der Waals surface area contributed by atoms with Crippen LogP contribution in [0.25, 0.3) is 0 Å². The minimum Gasteiger partial charge on any atom is -0.271 e. The summed E-state index contributed by atoms with van der Waals surface area (Å²) >= 11 is 0.298. The highest BCUT2D eigenvalue weighted by atomic mass is 32.2. The summed E-state index contributed by atoms with van der Waals surface area (Å²) in [5.41, 5.74) is 0. The Bertz CT molecular complexity index is 95.7. The molecule has 68 valence electrons. The monoisotopic (exact) mass is 175 g/mol. The number of rotatable bonds is 3. The molecule has 1 heterocycles. The lowest BCUT2D eigenvalue weighted by atomic mass is 10.3. The molecule has 0 N–H and O–H groups in total. The standard InChI is InChI=1S/C9H21NS/c1-3-10(4-2)11-8-6-5-7-9-11/h11H,3-9H2,1-2H3. The van der Waals surface area contributed by atoms with Crippen LogP contribution < -0.4 is 0 Å². The number of hydrogen-bond donors (Lipinski definition) is 1. The van der Waals surface area contributed by atoms with Crippen molar-refractivity contribution in [1.29, 1.82) is 0 Å². The Morgan fingerprint density at radius 2 is 1.55 bits per heavy atom. The normalized spacial score (nSPS) is 22.6. The van der Waals surface area contributed by atoms with Crippen molar-refractivity contribution in [3.8, 4) is 0 Å². The van der Waals surface area contributed by atoms with E-state index in [1.807, 2.05) is 0 Å². The van der Waals surface area contributed by atoms with Crippen LogP contribution in [-0.4, -0.2) is 28.9 Å². The van der Waals surface area contributed by atoms with Gasteiger partial charge in [0.1, 0.15) is 0 Å². The SMILES string of the molecule is CCN(CC)[SH]1CCCCC1. The van der Waals surface area contributed by atoms with E-state index in [0.717, 1.165) is 0 Å². The number of hydrogen-bond acceptors (Lipinski definition) is 1. The van der Waals surface area contributed by atoms with Crippen LogP contribution in [0.1, 0.15) is 33.1 Å². The maximum Gasteiger partial charge on any atom is 0.00431 e. The Kier molecular flexibility index (Phi) is 4.31. The van der Waals surface area contributed by atoms with Crippen LogP contribution in [0.5, 0.6) is 0 Å². The summed E-state index contributed by atoms with van der Waals surface area (Å²) in [4.78, 5) is 0. The summed E-state index contributed by atoms with van der Waals surface area (Å²) < 4.78 is 2.68. The Balaban J connectivity index is 2.30. The van der Waals surface area contributed by atoms with E-state index in [4.69, 9.17) is 0 Å². The second-order valence-corrected chi connectivity index (χ2v) is 5.63. The van der Waals surface area contributed by atoms with Crippen molar-refractivity contribution in [2.45, 2.75) is 33.1 Å². The summed E-state index contributed by atoms with van der Waals surface area (Å²) in [6, 6.07) is 0. The van der Waals surface area contributed by atoms with Crippen molar-refractivity contribution >= 4 is 11.1 Å². The van der Waals surface area contributed by atoms with Gasteiger partial charge in [-0.3, -0.25) is 4.31 Å². The molecule has 2 heteroatoms. The largest absolute Gasteiger partial charge is 0.271 e. The van der Waals surface area contributed by atoms with E-state index in [1.165, 1.54) is 43.9 Å². The summed E-state index contributed by atoms with van der Waals surface area (Å²) in [5.74, 6) is 3.02. The summed E-state index contributed by atoms with van der Waals surface area (Å²) in [5, 5.41) is 0. The van der Waals surface area contributed by atoms with Gasteiger partial charge in [0.05, 0.1) is 0 Å². The predicted octanol–water partition coefficient (Wildman–Crippen LogP) is 2.43. The molecule has 1 aliphatic heterocycles. The van der Waals surface area contributed by atoms with Gasteiger partial charge in [0.25, 0.3) is 0 Å². The molecule has 0 saturated carbocycles. The first-order chi connectivity index (χ1) is 5.38. The Labute approximate surface area is 73.6 Å². The van der Waals surface area contributed by atoms with E-state index in [9.17, 15) is 0 Å². The topological polar surface area (TPSA) is 3.24 Å². The third-order valence-corrected chi connectivity index (χ3v) is 5.49. The van der Waals surface area contributed by atoms with E-state index in [0.29, 0.717) is 11.1 Å². The van der Waals surface area contributed by atoms with Gasteiger partial charge in [-0.15, -0.1) is 0 Å². The quantitative estimate of drug-likeness (QED) is 0.645. The van der Waals surface area contributed by atoms with Crippen LogP contribution in [0, 0.1) is 0 Å². The molecule has 0 aromatic rings. The molecule has 1 saturated heterocycles. The van der Waals surface area contributed by atoms with Crippen molar-refractivity contribution in [3.63, 3.8) is 0 Å². The van der Waals surface area contributed by atoms with Gasteiger partial charge in [-0.1, -0.05) is 20.3 Å². The van der Waals surface area contributed by atoms with Gasteiger partial charge in [-0.25, -0.2) is 0 Å². The molecule has 0 aromatic carbocycles. The van der Waals surface area contributed by atoms with Crippen LogP contribution in [0.3, 0.4) is 0 Å². The van der Waals surface area contributed by atoms with E-state index in [2.05, 4.69) is 18.2 Å². The second kappa shape index (κ2) is 5.04. The molecule has 1 rings (SSSR count). The molecule has 1 fully saturated rings. The third kappa shape index (κ3) is 2.68. The molecule has 0 radical (unpaired) electrons.